The molecule has 2 aromatic rings. The fraction of sp³-hybridized carbons (Fsp3) is 0.300. The number of anilines is 1. The Morgan fingerprint density at radius 3 is 2.23 bits per heavy atom. The molecule has 0 aliphatic carbocycles. The largest absolute Gasteiger partial charge is 0.342 e. The van der Waals surface area contributed by atoms with E-state index in [2.05, 4.69) is 5.32 Å². The number of likely N-dealkylation sites (tertiary alicyclic amines) is 1. The van der Waals surface area contributed by atoms with Crippen LogP contribution < -0.4 is 5.32 Å². The quantitative estimate of drug-likeness (QED) is 0.839. The van der Waals surface area contributed by atoms with Crippen LogP contribution in [-0.4, -0.2) is 29.8 Å². The van der Waals surface area contributed by atoms with Crippen LogP contribution in [0.15, 0.2) is 48.5 Å². The van der Waals surface area contributed by atoms with Crippen LogP contribution in [-0.2, 0) is 16.0 Å². The molecule has 0 aromatic heterocycles. The van der Waals surface area contributed by atoms with Crippen molar-refractivity contribution in [3.8, 4) is 0 Å². The summed E-state index contributed by atoms with van der Waals surface area (Å²) >= 11 is 11.9. The van der Waals surface area contributed by atoms with Crippen molar-refractivity contribution >= 4 is 40.7 Å². The topological polar surface area (TPSA) is 49.4 Å². The summed E-state index contributed by atoms with van der Waals surface area (Å²) in [6, 6.07) is 14.7. The normalized spacial score (nSPS) is 14.9. The van der Waals surface area contributed by atoms with Crippen LogP contribution in [0.5, 0.6) is 0 Å². The Balaban J connectivity index is 1.51. The number of carbonyl (C=O) groups is 2. The number of hydrogen-bond acceptors (Lipinski definition) is 2. The van der Waals surface area contributed by atoms with E-state index >= 15 is 0 Å². The standard InChI is InChI=1S/C20H20Cl2N2O2/c21-16-11-17(22)13-18(12-16)23-20(26)15-6-8-24(9-7-15)19(25)10-14-4-2-1-3-5-14/h1-5,11-13,15H,6-10H2,(H,23,26). The van der Waals surface area contributed by atoms with E-state index in [9.17, 15) is 9.59 Å². The molecule has 2 aromatic carbocycles. The highest BCUT2D eigenvalue weighted by Crippen LogP contribution is 2.25. The van der Waals surface area contributed by atoms with E-state index in [4.69, 9.17) is 23.2 Å². The molecule has 1 aliphatic rings. The van der Waals surface area contributed by atoms with Crippen molar-refractivity contribution in [2.45, 2.75) is 19.3 Å². The molecular weight excluding hydrogens is 371 g/mol. The first kappa shape index (κ1) is 18.7. The second-order valence-electron chi connectivity index (χ2n) is 6.46. The molecule has 26 heavy (non-hydrogen) atoms. The van der Waals surface area contributed by atoms with Gasteiger partial charge in [-0.25, -0.2) is 0 Å². The Bertz CT molecular complexity index is 767. The molecule has 3 rings (SSSR count). The fourth-order valence-corrected chi connectivity index (χ4v) is 3.67. The number of hydrogen-bond donors (Lipinski definition) is 1. The van der Waals surface area contributed by atoms with Crippen LogP contribution in [0.3, 0.4) is 0 Å². The molecule has 0 radical (unpaired) electrons. The first-order valence-corrected chi connectivity index (χ1v) is 9.35. The zero-order chi connectivity index (χ0) is 18.5. The van der Waals surface area contributed by atoms with E-state index in [1.807, 2.05) is 35.2 Å². The molecule has 0 unspecified atom stereocenters. The second kappa shape index (κ2) is 8.56. The molecule has 1 aliphatic heterocycles. The smallest absolute Gasteiger partial charge is 0.227 e. The number of piperidine rings is 1. The summed E-state index contributed by atoms with van der Waals surface area (Å²) in [7, 11) is 0. The van der Waals surface area contributed by atoms with E-state index in [0.29, 0.717) is 48.1 Å². The zero-order valence-corrected chi connectivity index (χ0v) is 15.8. The molecule has 0 saturated carbocycles. The van der Waals surface area contributed by atoms with Crippen LogP contribution in [0.1, 0.15) is 18.4 Å². The lowest BCUT2D eigenvalue weighted by atomic mass is 9.95. The van der Waals surface area contributed by atoms with Gasteiger partial charge in [0.1, 0.15) is 0 Å². The van der Waals surface area contributed by atoms with Crippen molar-refractivity contribution in [3.05, 3.63) is 64.1 Å². The van der Waals surface area contributed by atoms with Gasteiger partial charge in [-0.2, -0.15) is 0 Å². The summed E-state index contributed by atoms with van der Waals surface area (Å²) in [5.41, 5.74) is 1.60. The molecule has 0 spiro atoms. The molecule has 136 valence electrons. The first-order chi connectivity index (χ1) is 12.5. The van der Waals surface area contributed by atoms with Gasteiger partial charge in [-0.3, -0.25) is 9.59 Å². The number of nitrogens with zero attached hydrogens (tertiary/aromatic N) is 1. The van der Waals surface area contributed by atoms with Gasteiger partial charge in [0.15, 0.2) is 0 Å². The van der Waals surface area contributed by atoms with Gasteiger partial charge in [0.25, 0.3) is 0 Å². The third-order valence-corrected chi connectivity index (χ3v) is 4.98. The summed E-state index contributed by atoms with van der Waals surface area (Å²) in [5.74, 6) is -0.0660. The molecule has 6 heteroatoms. The number of nitrogens with one attached hydrogen (secondary N) is 1. The van der Waals surface area contributed by atoms with Gasteiger partial charge in [0.05, 0.1) is 6.42 Å². The van der Waals surface area contributed by atoms with Gasteiger partial charge >= 0.3 is 0 Å². The summed E-state index contributed by atoms with van der Waals surface area (Å²) < 4.78 is 0. The van der Waals surface area contributed by atoms with Crippen LogP contribution in [0.4, 0.5) is 5.69 Å². The third kappa shape index (κ3) is 4.99. The monoisotopic (exact) mass is 390 g/mol. The van der Waals surface area contributed by atoms with Gasteiger partial charge in [-0.05, 0) is 36.6 Å². The second-order valence-corrected chi connectivity index (χ2v) is 7.34. The van der Waals surface area contributed by atoms with E-state index in [1.165, 1.54) is 0 Å². The predicted octanol–water partition coefficient (Wildman–Crippen LogP) is 4.41. The Kier molecular flexibility index (Phi) is 6.17. The maximum atomic E-state index is 12.5. The van der Waals surface area contributed by atoms with E-state index in [0.717, 1.165) is 5.56 Å². The Morgan fingerprint density at radius 2 is 1.62 bits per heavy atom. The van der Waals surface area contributed by atoms with Crippen LogP contribution in [0.25, 0.3) is 0 Å². The fourth-order valence-electron chi connectivity index (χ4n) is 3.14. The zero-order valence-electron chi connectivity index (χ0n) is 14.3. The average Bonchev–Trinajstić information content (AvgIpc) is 2.62. The number of halogens is 2. The van der Waals surface area contributed by atoms with Crippen molar-refractivity contribution in [2.75, 3.05) is 18.4 Å². The predicted molar refractivity (Wildman–Crippen MR) is 105 cm³/mol. The minimum absolute atomic E-state index is 0.0570. The highest BCUT2D eigenvalue weighted by atomic mass is 35.5. The number of amides is 2. The SMILES string of the molecule is O=C(Nc1cc(Cl)cc(Cl)c1)C1CCN(C(=O)Cc2ccccc2)CC1. The lowest BCUT2D eigenvalue weighted by Crippen LogP contribution is -2.42. The molecule has 1 N–H and O–H groups in total. The highest BCUT2D eigenvalue weighted by molar-refractivity contribution is 6.35. The number of carbonyl (C=O) groups excluding carboxylic acids is 2. The summed E-state index contributed by atoms with van der Waals surface area (Å²) in [5, 5.41) is 3.83. The van der Waals surface area contributed by atoms with E-state index in [-0.39, 0.29) is 17.7 Å². The minimum atomic E-state index is -0.117. The van der Waals surface area contributed by atoms with Crippen molar-refractivity contribution < 1.29 is 9.59 Å². The molecule has 1 fully saturated rings. The van der Waals surface area contributed by atoms with Gasteiger partial charge in [-0.1, -0.05) is 53.5 Å². The van der Waals surface area contributed by atoms with Crippen molar-refractivity contribution in [1.82, 2.24) is 4.90 Å². The maximum absolute atomic E-state index is 12.5. The Labute approximate surface area is 163 Å². The summed E-state index contributed by atoms with van der Waals surface area (Å²) in [6.07, 6.45) is 1.71. The Hall–Kier alpha value is -2.04. The van der Waals surface area contributed by atoms with Crippen molar-refractivity contribution in [1.29, 1.82) is 0 Å². The molecule has 4 nitrogen and oxygen atoms in total. The molecule has 0 bridgehead atoms. The number of benzene rings is 2. The average molecular weight is 391 g/mol. The molecule has 0 atom stereocenters. The van der Waals surface area contributed by atoms with Crippen LogP contribution in [0, 0.1) is 5.92 Å². The Morgan fingerprint density at radius 1 is 1.00 bits per heavy atom. The van der Waals surface area contributed by atoms with Gasteiger partial charge < -0.3 is 10.2 Å². The van der Waals surface area contributed by atoms with Gasteiger partial charge in [0.2, 0.25) is 11.8 Å². The summed E-state index contributed by atoms with van der Waals surface area (Å²) in [6.45, 7) is 1.19. The minimum Gasteiger partial charge on any atom is -0.342 e. The van der Waals surface area contributed by atoms with Crippen LogP contribution >= 0.6 is 23.2 Å². The lowest BCUT2D eigenvalue weighted by molar-refractivity contribution is -0.133. The van der Waals surface area contributed by atoms with Crippen LogP contribution in [0.2, 0.25) is 10.0 Å². The molecule has 2 amide bonds. The summed E-state index contributed by atoms with van der Waals surface area (Å²) in [4.78, 5) is 26.7. The van der Waals surface area contributed by atoms with E-state index in [1.54, 1.807) is 18.2 Å². The highest BCUT2D eigenvalue weighted by Gasteiger charge is 2.27. The number of rotatable bonds is 4. The van der Waals surface area contributed by atoms with Gasteiger partial charge in [0, 0.05) is 34.7 Å². The lowest BCUT2D eigenvalue weighted by Gasteiger charge is -2.31. The van der Waals surface area contributed by atoms with Crippen molar-refractivity contribution in [3.63, 3.8) is 0 Å². The molecular formula is C20H20Cl2N2O2. The van der Waals surface area contributed by atoms with E-state index < -0.39 is 0 Å². The first-order valence-electron chi connectivity index (χ1n) is 8.60. The van der Waals surface area contributed by atoms with Gasteiger partial charge in [-0.15, -0.1) is 0 Å². The van der Waals surface area contributed by atoms with Crippen molar-refractivity contribution in [2.24, 2.45) is 5.92 Å². The molecule has 1 heterocycles. The third-order valence-electron chi connectivity index (χ3n) is 4.55. The molecule has 1 saturated heterocycles. The maximum Gasteiger partial charge on any atom is 0.227 e.